The van der Waals surface area contributed by atoms with Crippen LogP contribution in [0.4, 0.5) is 4.79 Å². The molecule has 2 aliphatic heterocycles. The van der Waals surface area contributed by atoms with Crippen LogP contribution in [0.15, 0.2) is 42.5 Å². The Labute approximate surface area is 157 Å². The minimum absolute atomic E-state index is 0.213. The van der Waals surface area contributed by atoms with Crippen LogP contribution in [0, 0.1) is 0 Å². The molecule has 2 aromatic rings. The van der Waals surface area contributed by atoms with E-state index in [4.69, 9.17) is 25.8 Å². The van der Waals surface area contributed by atoms with Gasteiger partial charge in [0.1, 0.15) is 18.2 Å². The van der Waals surface area contributed by atoms with E-state index in [1.54, 1.807) is 6.92 Å². The third-order valence-electron chi connectivity index (χ3n) is 4.93. The van der Waals surface area contributed by atoms with Crippen LogP contribution in [0.3, 0.4) is 0 Å². The predicted octanol–water partition coefficient (Wildman–Crippen LogP) is 4.76. The Morgan fingerprint density at radius 3 is 2.65 bits per heavy atom. The molecule has 0 bridgehead atoms. The van der Waals surface area contributed by atoms with Crippen molar-refractivity contribution in [1.82, 2.24) is 4.90 Å². The van der Waals surface area contributed by atoms with Crippen molar-refractivity contribution < 1.29 is 19.0 Å². The SMILES string of the molecule is CCOC(=O)OCN1CC2c3ccccc3Oc3ccc(Cl)cc3C2C1. The molecule has 2 unspecified atom stereocenters. The third kappa shape index (κ3) is 3.24. The summed E-state index contributed by atoms with van der Waals surface area (Å²) in [6.45, 7) is 3.81. The second kappa shape index (κ2) is 7.17. The Morgan fingerprint density at radius 1 is 1.12 bits per heavy atom. The van der Waals surface area contributed by atoms with E-state index in [2.05, 4.69) is 11.0 Å². The number of carbonyl (C=O) groups is 1. The summed E-state index contributed by atoms with van der Waals surface area (Å²) in [5.74, 6) is 2.18. The number of rotatable bonds is 3. The predicted molar refractivity (Wildman–Crippen MR) is 98.0 cm³/mol. The molecule has 1 fully saturated rings. The molecule has 0 aliphatic carbocycles. The first-order chi connectivity index (χ1) is 12.7. The molecule has 0 amide bonds. The fraction of sp³-hybridized carbons (Fsp3) is 0.350. The number of ether oxygens (including phenoxy) is 3. The van der Waals surface area contributed by atoms with Gasteiger partial charge >= 0.3 is 6.16 Å². The largest absolute Gasteiger partial charge is 0.509 e. The van der Waals surface area contributed by atoms with Gasteiger partial charge in [-0.1, -0.05) is 29.8 Å². The average Bonchev–Trinajstić information content (AvgIpc) is 3.01. The fourth-order valence-corrected chi connectivity index (χ4v) is 4.01. The Hall–Kier alpha value is -2.24. The van der Waals surface area contributed by atoms with E-state index >= 15 is 0 Å². The number of likely N-dealkylation sites (tertiary alicyclic amines) is 1. The smallest absolute Gasteiger partial charge is 0.457 e. The van der Waals surface area contributed by atoms with E-state index in [-0.39, 0.29) is 18.6 Å². The highest BCUT2D eigenvalue weighted by Crippen LogP contribution is 2.50. The molecule has 2 atom stereocenters. The van der Waals surface area contributed by atoms with Gasteiger partial charge in [-0.05, 0) is 36.8 Å². The van der Waals surface area contributed by atoms with E-state index in [9.17, 15) is 4.79 Å². The molecule has 0 aromatic heterocycles. The quantitative estimate of drug-likeness (QED) is 0.726. The maximum Gasteiger partial charge on any atom is 0.509 e. The number of hydrogen-bond acceptors (Lipinski definition) is 5. The van der Waals surface area contributed by atoms with Crippen molar-refractivity contribution in [3.05, 3.63) is 58.6 Å². The summed E-state index contributed by atoms with van der Waals surface area (Å²) in [4.78, 5) is 13.6. The minimum Gasteiger partial charge on any atom is -0.457 e. The van der Waals surface area contributed by atoms with Crippen molar-refractivity contribution in [3.63, 3.8) is 0 Å². The van der Waals surface area contributed by atoms with Crippen LogP contribution >= 0.6 is 11.6 Å². The van der Waals surface area contributed by atoms with E-state index in [1.807, 2.05) is 36.4 Å². The molecule has 2 aromatic carbocycles. The van der Waals surface area contributed by atoms with E-state index < -0.39 is 6.16 Å². The van der Waals surface area contributed by atoms with Gasteiger partial charge in [-0.2, -0.15) is 0 Å². The molecule has 0 radical (unpaired) electrons. The number of benzene rings is 2. The van der Waals surface area contributed by atoms with Gasteiger partial charge in [0.05, 0.1) is 6.61 Å². The molecule has 2 aliphatic rings. The molecule has 6 heteroatoms. The molecule has 136 valence electrons. The lowest BCUT2D eigenvalue weighted by atomic mass is 9.84. The Bertz CT molecular complexity index is 825. The summed E-state index contributed by atoms with van der Waals surface area (Å²) in [6.07, 6.45) is -0.633. The summed E-state index contributed by atoms with van der Waals surface area (Å²) in [6, 6.07) is 13.9. The fourth-order valence-electron chi connectivity index (χ4n) is 3.82. The number of para-hydroxylation sites is 1. The van der Waals surface area contributed by atoms with Gasteiger partial charge in [-0.3, -0.25) is 4.90 Å². The standard InChI is InChI=1S/C20H20ClNO4/c1-2-24-20(23)25-12-22-10-16-14-5-3-4-6-18(14)26-19-8-7-13(21)9-15(19)17(16)11-22/h3-9,16-17H,2,10-12H2,1H3. The van der Waals surface area contributed by atoms with Crippen LogP contribution in [0.2, 0.25) is 5.02 Å². The first kappa shape index (κ1) is 17.2. The highest BCUT2D eigenvalue weighted by atomic mass is 35.5. The van der Waals surface area contributed by atoms with Crippen LogP contribution in [-0.2, 0) is 9.47 Å². The minimum atomic E-state index is -0.633. The highest BCUT2D eigenvalue weighted by molar-refractivity contribution is 6.30. The molecule has 5 nitrogen and oxygen atoms in total. The highest BCUT2D eigenvalue weighted by Gasteiger charge is 2.40. The van der Waals surface area contributed by atoms with Crippen LogP contribution in [0.1, 0.15) is 29.9 Å². The first-order valence-electron chi connectivity index (χ1n) is 8.74. The maximum absolute atomic E-state index is 11.5. The normalized spacial score (nSPS) is 21.0. The van der Waals surface area contributed by atoms with Gasteiger partial charge in [-0.15, -0.1) is 0 Å². The van der Waals surface area contributed by atoms with Crippen LogP contribution in [-0.4, -0.2) is 37.5 Å². The van der Waals surface area contributed by atoms with Gasteiger partial charge in [0.25, 0.3) is 0 Å². The Kier molecular flexibility index (Phi) is 4.74. The summed E-state index contributed by atoms with van der Waals surface area (Å²) in [5, 5.41) is 0.693. The summed E-state index contributed by atoms with van der Waals surface area (Å²) in [7, 11) is 0. The molecule has 4 rings (SSSR count). The van der Waals surface area contributed by atoms with Gasteiger partial charge in [0, 0.05) is 35.5 Å². The number of carbonyl (C=O) groups excluding carboxylic acids is 1. The molecule has 26 heavy (non-hydrogen) atoms. The summed E-state index contributed by atoms with van der Waals surface area (Å²) >= 11 is 6.25. The topological polar surface area (TPSA) is 48.0 Å². The van der Waals surface area contributed by atoms with Crippen molar-refractivity contribution in [2.24, 2.45) is 0 Å². The van der Waals surface area contributed by atoms with Crippen LogP contribution in [0.5, 0.6) is 11.5 Å². The van der Waals surface area contributed by atoms with E-state index in [0.29, 0.717) is 11.6 Å². The second-order valence-electron chi connectivity index (χ2n) is 6.53. The van der Waals surface area contributed by atoms with Crippen molar-refractivity contribution in [2.45, 2.75) is 18.8 Å². The zero-order chi connectivity index (χ0) is 18.1. The molecular weight excluding hydrogens is 354 g/mol. The summed E-state index contributed by atoms with van der Waals surface area (Å²) < 4.78 is 16.2. The first-order valence-corrected chi connectivity index (χ1v) is 9.11. The summed E-state index contributed by atoms with van der Waals surface area (Å²) in [5.41, 5.74) is 2.26. The molecular formula is C20H20ClNO4. The van der Waals surface area contributed by atoms with Crippen molar-refractivity contribution in [1.29, 1.82) is 0 Å². The van der Waals surface area contributed by atoms with Gasteiger partial charge in [0.2, 0.25) is 0 Å². The van der Waals surface area contributed by atoms with E-state index in [1.165, 1.54) is 5.56 Å². The zero-order valence-corrected chi connectivity index (χ0v) is 15.2. The molecule has 2 heterocycles. The molecule has 0 saturated carbocycles. The number of halogens is 1. The van der Waals surface area contributed by atoms with Gasteiger partial charge in [-0.25, -0.2) is 4.79 Å². The lowest BCUT2D eigenvalue weighted by Gasteiger charge is -2.17. The van der Waals surface area contributed by atoms with Gasteiger partial charge in [0.15, 0.2) is 0 Å². The van der Waals surface area contributed by atoms with Crippen LogP contribution in [0.25, 0.3) is 0 Å². The third-order valence-corrected chi connectivity index (χ3v) is 5.17. The lowest BCUT2D eigenvalue weighted by molar-refractivity contribution is 0.0214. The number of nitrogens with zero attached hydrogens (tertiary/aromatic N) is 1. The Morgan fingerprint density at radius 2 is 1.85 bits per heavy atom. The maximum atomic E-state index is 11.5. The van der Waals surface area contributed by atoms with Crippen LogP contribution < -0.4 is 4.74 Å². The molecule has 1 saturated heterocycles. The Balaban J connectivity index is 1.63. The monoisotopic (exact) mass is 373 g/mol. The van der Waals surface area contributed by atoms with Crippen molar-refractivity contribution >= 4 is 17.8 Å². The van der Waals surface area contributed by atoms with Gasteiger partial charge < -0.3 is 14.2 Å². The zero-order valence-electron chi connectivity index (χ0n) is 14.5. The molecule has 0 spiro atoms. The second-order valence-corrected chi connectivity index (χ2v) is 6.96. The van der Waals surface area contributed by atoms with E-state index in [0.717, 1.165) is 30.2 Å². The van der Waals surface area contributed by atoms with Crippen molar-refractivity contribution in [3.8, 4) is 11.5 Å². The van der Waals surface area contributed by atoms with Crippen molar-refractivity contribution in [2.75, 3.05) is 26.4 Å². The number of fused-ring (bicyclic) bond motifs is 5. The lowest BCUT2D eigenvalue weighted by Crippen LogP contribution is -2.26. The number of hydrogen-bond donors (Lipinski definition) is 0. The average molecular weight is 374 g/mol. The molecule has 0 N–H and O–H groups in total.